The van der Waals surface area contributed by atoms with Crippen LogP contribution >= 0.6 is 15.9 Å². The number of rotatable bonds is 5. The molecule has 4 nitrogen and oxygen atoms in total. The molecule has 0 amide bonds. The minimum Gasteiger partial charge on any atom is -0.301 e. The molecule has 1 aromatic rings. The Labute approximate surface area is 136 Å². The van der Waals surface area contributed by atoms with Crippen LogP contribution in [0.5, 0.6) is 0 Å². The average molecular weight is 375 g/mol. The molecule has 21 heavy (non-hydrogen) atoms. The third-order valence-electron chi connectivity index (χ3n) is 4.05. The summed E-state index contributed by atoms with van der Waals surface area (Å²) in [6.45, 7) is 8.79. The van der Waals surface area contributed by atoms with Crippen molar-refractivity contribution in [2.45, 2.75) is 38.1 Å². The number of halogens is 1. The Hall–Kier alpha value is -0.430. The van der Waals surface area contributed by atoms with Gasteiger partial charge in [-0.25, -0.2) is 13.1 Å². The number of likely N-dealkylation sites (tertiary alicyclic amines) is 1. The van der Waals surface area contributed by atoms with Crippen molar-refractivity contribution in [3.63, 3.8) is 0 Å². The first-order valence-corrected chi connectivity index (χ1v) is 9.57. The summed E-state index contributed by atoms with van der Waals surface area (Å²) in [7, 11) is -3.41. The fraction of sp³-hybridized carbons (Fsp3) is 0.600. The minimum absolute atomic E-state index is 0.335. The van der Waals surface area contributed by atoms with Gasteiger partial charge in [0.05, 0.1) is 4.90 Å². The molecule has 118 valence electrons. The summed E-state index contributed by atoms with van der Waals surface area (Å²) in [5.74, 6) is 0.402. The van der Waals surface area contributed by atoms with Gasteiger partial charge in [-0.15, -0.1) is 0 Å². The highest BCUT2D eigenvalue weighted by atomic mass is 79.9. The number of benzene rings is 1. The van der Waals surface area contributed by atoms with Crippen LogP contribution in [0.4, 0.5) is 0 Å². The van der Waals surface area contributed by atoms with Crippen molar-refractivity contribution in [1.82, 2.24) is 9.62 Å². The molecule has 2 rings (SSSR count). The molecule has 0 saturated carbocycles. The van der Waals surface area contributed by atoms with Gasteiger partial charge in [-0.1, -0.05) is 15.9 Å². The zero-order valence-corrected chi connectivity index (χ0v) is 15.2. The quantitative estimate of drug-likeness (QED) is 0.861. The lowest BCUT2D eigenvalue weighted by Gasteiger charge is -2.20. The monoisotopic (exact) mass is 374 g/mol. The Morgan fingerprint density at radius 2 is 2.14 bits per heavy atom. The molecule has 1 aliphatic heterocycles. The van der Waals surface area contributed by atoms with Gasteiger partial charge in [0.1, 0.15) is 0 Å². The molecular weight excluding hydrogens is 352 g/mol. The van der Waals surface area contributed by atoms with Gasteiger partial charge in [0.2, 0.25) is 10.0 Å². The maximum atomic E-state index is 12.3. The fourth-order valence-corrected chi connectivity index (χ4v) is 4.04. The smallest absolute Gasteiger partial charge is 0.240 e. The normalized spacial score (nSPS) is 20.3. The van der Waals surface area contributed by atoms with Crippen molar-refractivity contribution >= 4 is 26.0 Å². The van der Waals surface area contributed by atoms with Gasteiger partial charge >= 0.3 is 0 Å². The SMILES string of the molecule is Cc1cc(S(=O)(=O)NCC2CCN(C(C)C)C2)ccc1Br. The molecule has 1 aliphatic rings. The van der Waals surface area contributed by atoms with Crippen LogP contribution in [0.25, 0.3) is 0 Å². The second kappa shape index (κ2) is 6.77. The Kier molecular flexibility index (Phi) is 5.46. The molecule has 1 saturated heterocycles. The van der Waals surface area contributed by atoms with E-state index in [0.29, 0.717) is 23.4 Å². The van der Waals surface area contributed by atoms with Crippen LogP contribution in [-0.4, -0.2) is 39.0 Å². The molecule has 0 aliphatic carbocycles. The highest BCUT2D eigenvalue weighted by Crippen LogP contribution is 2.21. The van der Waals surface area contributed by atoms with E-state index in [2.05, 4.69) is 39.4 Å². The third kappa shape index (κ3) is 4.28. The van der Waals surface area contributed by atoms with Gasteiger partial charge in [-0.3, -0.25) is 0 Å². The molecular formula is C15H23BrN2O2S. The molecule has 6 heteroatoms. The molecule has 0 spiro atoms. The number of hydrogen-bond acceptors (Lipinski definition) is 3. The number of nitrogens with zero attached hydrogens (tertiary/aromatic N) is 1. The summed E-state index contributed by atoms with van der Waals surface area (Å²) >= 11 is 3.39. The van der Waals surface area contributed by atoms with E-state index in [4.69, 9.17) is 0 Å². The molecule has 1 unspecified atom stereocenters. The van der Waals surface area contributed by atoms with Gasteiger partial charge < -0.3 is 4.90 Å². The second-order valence-electron chi connectivity index (χ2n) is 6.01. The van der Waals surface area contributed by atoms with E-state index in [1.807, 2.05) is 6.92 Å². The third-order valence-corrected chi connectivity index (χ3v) is 6.36. The van der Waals surface area contributed by atoms with Crippen molar-refractivity contribution in [3.8, 4) is 0 Å². The predicted octanol–water partition coefficient (Wildman–Crippen LogP) is 2.77. The van der Waals surface area contributed by atoms with Gasteiger partial charge in [0, 0.05) is 23.6 Å². The van der Waals surface area contributed by atoms with E-state index in [0.717, 1.165) is 29.5 Å². The second-order valence-corrected chi connectivity index (χ2v) is 8.63. The highest BCUT2D eigenvalue weighted by molar-refractivity contribution is 9.10. The van der Waals surface area contributed by atoms with Crippen LogP contribution in [0.3, 0.4) is 0 Å². The van der Waals surface area contributed by atoms with Gasteiger partial charge in [-0.2, -0.15) is 0 Å². The molecule has 1 aromatic carbocycles. The fourth-order valence-electron chi connectivity index (χ4n) is 2.59. The summed E-state index contributed by atoms with van der Waals surface area (Å²) in [5.41, 5.74) is 0.921. The maximum absolute atomic E-state index is 12.3. The van der Waals surface area contributed by atoms with E-state index in [1.54, 1.807) is 18.2 Å². The Morgan fingerprint density at radius 1 is 1.43 bits per heavy atom. The molecule has 1 N–H and O–H groups in total. The Morgan fingerprint density at radius 3 is 2.71 bits per heavy atom. The van der Waals surface area contributed by atoms with Crippen LogP contribution in [0.15, 0.2) is 27.6 Å². The summed E-state index contributed by atoms with van der Waals surface area (Å²) in [5, 5.41) is 0. The number of aryl methyl sites for hydroxylation is 1. The van der Waals surface area contributed by atoms with E-state index < -0.39 is 10.0 Å². The largest absolute Gasteiger partial charge is 0.301 e. The van der Waals surface area contributed by atoms with Crippen LogP contribution in [0.1, 0.15) is 25.8 Å². The van der Waals surface area contributed by atoms with Crippen molar-refractivity contribution in [2.24, 2.45) is 5.92 Å². The molecule has 0 aromatic heterocycles. The molecule has 0 radical (unpaired) electrons. The predicted molar refractivity (Wildman–Crippen MR) is 88.9 cm³/mol. The van der Waals surface area contributed by atoms with Gasteiger partial charge in [0.15, 0.2) is 0 Å². The van der Waals surface area contributed by atoms with Crippen LogP contribution in [0.2, 0.25) is 0 Å². The molecule has 1 atom stereocenters. The topological polar surface area (TPSA) is 49.4 Å². The van der Waals surface area contributed by atoms with E-state index in [-0.39, 0.29) is 0 Å². The van der Waals surface area contributed by atoms with E-state index >= 15 is 0 Å². The van der Waals surface area contributed by atoms with Crippen molar-refractivity contribution < 1.29 is 8.42 Å². The lowest BCUT2D eigenvalue weighted by Crippen LogP contribution is -2.33. The summed E-state index contributed by atoms with van der Waals surface area (Å²) in [6.07, 6.45) is 1.06. The van der Waals surface area contributed by atoms with Crippen LogP contribution in [0, 0.1) is 12.8 Å². The minimum atomic E-state index is -3.41. The lowest BCUT2D eigenvalue weighted by atomic mass is 10.1. The van der Waals surface area contributed by atoms with Crippen LogP contribution < -0.4 is 4.72 Å². The number of nitrogens with one attached hydrogen (secondary N) is 1. The highest BCUT2D eigenvalue weighted by Gasteiger charge is 2.25. The average Bonchev–Trinajstić information content (AvgIpc) is 2.89. The maximum Gasteiger partial charge on any atom is 0.240 e. The molecule has 1 heterocycles. The zero-order valence-electron chi connectivity index (χ0n) is 12.8. The van der Waals surface area contributed by atoms with Crippen molar-refractivity contribution in [3.05, 3.63) is 28.2 Å². The first-order valence-electron chi connectivity index (χ1n) is 7.29. The number of hydrogen-bond donors (Lipinski definition) is 1. The standard InChI is InChI=1S/C15H23BrN2O2S/c1-11(2)18-7-6-13(10-18)9-17-21(19,20)14-4-5-15(16)12(3)8-14/h4-5,8,11,13,17H,6-7,9-10H2,1-3H3. The van der Waals surface area contributed by atoms with E-state index in [1.165, 1.54) is 0 Å². The molecule has 0 bridgehead atoms. The van der Waals surface area contributed by atoms with Crippen LogP contribution in [-0.2, 0) is 10.0 Å². The zero-order chi connectivity index (χ0) is 15.6. The summed E-state index contributed by atoms with van der Waals surface area (Å²) in [6, 6.07) is 5.64. The van der Waals surface area contributed by atoms with Crippen molar-refractivity contribution in [1.29, 1.82) is 0 Å². The number of sulfonamides is 1. The first-order chi connectivity index (χ1) is 9.79. The van der Waals surface area contributed by atoms with Gasteiger partial charge in [0.25, 0.3) is 0 Å². The summed E-state index contributed by atoms with van der Waals surface area (Å²) in [4.78, 5) is 2.73. The Balaban J connectivity index is 1.97. The molecule has 1 fully saturated rings. The first kappa shape index (κ1) is 16.9. The lowest BCUT2D eigenvalue weighted by molar-refractivity contribution is 0.265. The van der Waals surface area contributed by atoms with Gasteiger partial charge in [-0.05, 0) is 63.4 Å². The summed E-state index contributed by atoms with van der Waals surface area (Å²) < 4.78 is 28.3. The Bertz CT molecular complexity index is 602. The van der Waals surface area contributed by atoms with Crippen molar-refractivity contribution in [2.75, 3.05) is 19.6 Å². The van der Waals surface area contributed by atoms with E-state index in [9.17, 15) is 8.42 Å².